The number of hydrogen-bond acceptors (Lipinski definition) is 4. The fourth-order valence-electron chi connectivity index (χ4n) is 3.06. The minimum absolute atomic E-state index is 0.217. The van der Waals surface area contributed by atoms with E-state index >= 15 is 0 Å². The molecule has 28 heavy (non-hydrogen) atoms. The van der Waals surface area contributed by atoms with Crippen LogP contribution in [-0.2, 0) is 0 Å². The van der Waals surface area contributed by atoms with Crippen LogP contribution in [0.5, 0.6) is 11.5 Å². The number of nitrogens with zero attached hydrogens (tertiary/aromatic N) is 1. The Balaban J connectivity index is 1.46. The molecule has 3 aromatic rings. The molecule has 0 bridgehead atoms. The van der Waals surface area contributed by atoms with Crippen molar-refractivity contribution in [1.29, 1.82) is 0 Å². The maximum absolute atomic E-state index is 12.5. The minimum Gasteiger partial charge on any atom is -0.486 e. The molecule has 1 aliphatic rings. The van der Waals surface area contributed by atoms with Crippen molar-refractivity contribution >= 4 is 11.6 Å². The van der Waals surface area contributed by atoms with Crippen molar-refractivity contribution in [2.75, 3.05) is 18.5 Å². The van der Waals surface area contributed by atoms with E-state index in [-0.39, 0.29) is 5.91 Å². The lowest BCUT2D eigenvalue weighted by atomic mass is 10.0. The van der Waals surface area contributed by atoms with Crippen LogP contribution in [0.15, 0.2) is 60.8 Å². The molecule has 0 saturated heterocycles. The lowest BCUT2D eigenvalue weighted by Gasteiger charge is -2.19. The average molecular weight is 374 g/mol. The Morgan fingerprint density at radius 1 is 0.964 bits per heavy atom. The third-order valence-corrected chi connectivity index (χ3v) is 4.70. The first-order valence-electron chi connectivity index (χ1n) is 9.37. The second kappa shape index (κ2) is 7.72. The van der Waals surface area contributed by atoms with Crippen LogP contribution in [0.4, 0.5) is 5.69 Å². The van der Waals surface area contributed by atoms with Crippen LogP contribution in [0, 0.1) is 0 Å². The Hall–Kier alpha value is -3.34. The molecule has 142 valence electrons. The van der Waals surface area contributed by atoms with Gasteiger partial charge in [0.25, 0.3) is 5.91 Å². The summed E-state index contributed by atoms with van der Waals surface area (Å²) < 4.78 is 11.0. The Bertz CT molecular complexity index is 980. The first-order valence-corrected chi connectivity index (χ1v) is 9.37. The minimum atomic E-state index is -0.217. The summed E-state index contributed by atoms with van der Waals surface area (Å²) in [5, 5.41) is 2.87. The van der Waals surface area contributed by atoms with E-state index in [2.05, 4.69) is 48.4 Å². The van der Waals surface area contributed by atoms with Gasteiger partial charge in [-0.25, -0.2) is 0 Å². The summed E-state index contributed by atoms with van der Waals surface area (Å²) >= 11 is 0. The zero-order chi connectivity index (χ0) is 19.5. The molecule has 0 aliphatic carbocycles. The lowest BCUT2D eigenvalue weighted by Crippen LogP contribution is -2.16. The smallest absolute Gasteiger partial charge is 0.257 e. The predicted molar refractivity (Wildman–Crippen MR) is 109 cm³/mol. The maximum atomic E-state index is 12.5. The van der Waals surface area contributed by atoms with E-state index in [0.717, 1.165) is 11.3 Å². The summed E-state index contributed by atoms with van der Waals surface area (Å²) in [5.74, 6) is 1.61. The predicted octanol–water partition coefficient (Wildman–Crippen LogP) is 4.90. The number of aromatic nitrogens is 1. The van der Waals surface area contributed by atoms with Crippen LogP contribution in [-0.4, -0.2) is 24.1 Å². The third-order valence-electron chi connectivity index (χ3n) is 4.70. The van der Waals surface area contributed by atoms with Gasteiger partial charge in [-0.3, -0.25) is 9.78 Å². The van der Waals surface area contributed by atoms with Crippen LogP contribution in [0.3, 0.4) is 0 Å². The number of carbonyl (C=O) groups excluding carboxylic acids is 1. The van der Waals surface area contributed by atoms with Gasteiger partial charge in [0.05, 0.1) is 11.3 Å². The van der Waals surface area contributed by atoms with E-state index < -0.39 is 0 Å². The SMILES string of the molecule is CC(C)c1ccc(-c2ccc(C(=O)Nc3ccc4c(c3)OCCO4)cn2)cc1. The number of benzene rings is 2. The quantitative estimate of drug-likeness (QED) is 0.706. The Morgan fingerprint density at radius 2 is 1.71 bits per heavy atom. The Labute approximate surface area is 164 Å². The molecule has 1 N–H and O–H groups in total. The molecule has 2 aromatic carbocycles. The van der Waals surface area contributed by atoms with Gasteiger partial charge in [-0.05, 0) is 35.7 Å². The molecule has 5 heteroatoms. The molecule has 1 aliphatic heterocycles. The van der Waals surface area contributed by atoms with Crippen LogP contribution in [0.2, 0.25) is 0 Å². The standard InChI is InChI=1S/C23H22N2O3/c1-15(2)16-3-5-17(6-4-16)20-9-7-18(14-24-20)23(26)25-19-8-10-21-22(13-19)28-12-11-27-21/h3-10,13-15H,11-12H2,1-2H3,(H,25,26). The van der Waals surface area contributed by atoms with Crippen molar-refractivity contribution in [3.63, 3.8) is 0 Å². The largest absolute Gasteiger partial charge is 0.486 e. The third kappa shape index (κ3) is 3.83. The number of hydrogen-bond donors (Lipinski definition) is 1. The monoisotopic (exact) mass is 374 g/mol. The zero-order valence-electron chi connectivity index (χ0n) is 15.9. The number of carbonyl (C=O) groups is 1. The summed E-state index contributed by atoms with van der Waals surface area (Å²) in [6.07, 6.45) is 1.60. The van der Waals surface area contributed by atoms with Crippen molar-refractivity contribution in [3.8, 4) is 22.8 Å². The van der Waals surface area contributed by atoms with Gasteiger partial charge in [0.1, 0.15) is 13.2 Å². The summed E-state index contributed by atoms with van der Waals surface area (Å²) in [6.45, 7) is 5.38. The van der Waals surface area contributed by atoms with Gasteiger partial charge in [-0.1, -0.05) is 38.1 Å². The normalized spacial score (nSPS) is 12.7. The van der Waals surface area contributed by atoms with Gasteiger partial charge < -0.3 is 14.8 Å². The fraction of sp³-hybridized carbons (Fsp3) is 0.217. The van der Waals surface area contributed by atoms with E-state index in [4.69, 9.17) is 9.47 Å². The van der Waals surface area contributed by atoms with E-state index in [1.165, 1.54) is 5.56 Å². The highest BCUT2D eigenvalue weighted by molar-refractivity contribution is 6.04. The highest BCUT2D eigenvalue weighted by Gasteiger charge is 2.14. The Morgan fingerprint density at radius 3 is 2.39 bits per heavy atom. The molecule has 5 nitrogen and oxygen atoms in total. The zero-order valence-corrected chi connectivity index (χ0v) is 15.9. The second-order valence-electron chi connectivity index (χ2n) is 7.02. The van der Waals surface area contributed by atoms with Crippen LogP contribution >= 0.6 is 0 Å². The number of pyridine rings is 1. The van der Waals surface area contributed by atoms with Crippen molar-refractivity contribution in [2.45, 2.75) is 19.8 Å². The number of fused-ring (bicyclic) bond motifs is 1. The van der Waals surface area contributed by atoms with E-state index in [1.807, 2.05) is 6.07 Å². The maximum Gasteiger partial charge on any atom is 0.257 e. The summed E-state index contributed by atoms with van der Waals surface area (Å²) in [7, 11) is 0. The molecular weight excluding hydrogens is 352 g/mol. The van der Waals surface area contributed by atoms with Crippen molar-refractivity contribution < 1.29 is 14.3 Å². The highest BCUT2D eigenvalue weighted by Crippen LogP contribution is 2.32. The number of amides is 1. The van der Waals surface area contributed by atoms with Crippen molar-refractivity contribution in [2.24, 2.45) is 0 Å². The molecule has 2 heterocycles. The molecule has 4 rings (SSSR count). The number of nitrogens with one attached hydrogen (secondary N) is 1. The first-order chi connectivity index (χ1) is 13.6. The number of ether oxygens (including phenoxy) is 2. The van der Waals surface area contributed by atoms with E-state index in [9.17, 15) is 4.79 Å². The Kier molecular flexibility index (Phi) is 4.98. The second-order valence-corrected chi connectivity index (χ2v) is 7.02. The van der Waals surface area contributed by atoms with E-state index in [0.29, 0.717) is 41.9 Å². The van der Waals surface area contributed by atoms with Gasteiger partial charge in [-0.15, -0.1) is 0 Å². The molecular formula is C23H22N2O3. The fourth-order valence-corrected chi connectivity index (χ4v) is 3.06. The molecule has 0 unspecified atom stereocenters. The van der Waals surface area contributed by atoms with Crippen molar-refractivity contribution in [3.05, 3.63) is 71.9 Å². The molecule has 0 saturated carbocycles. The van der Waals surface area contributed by atoms with Gasteiger partial charge in [0.2, 0.25) is 0 Å². The summed E-state index contributed by atoms with van der Waals surface area (Å²) in [6, 6.07) is 17.4. The van der Waals surface area contributed by atoms with Gasteiger partial charge in [0, 0.05) is 23.5 Å². The van der Waals surface area contributed by atoms with Crippen LogP contribution in [0.1, 0.15) is 35.7 Å². The van der Waals surface area contributed by atoms with Gasteiger partial charge >= 0.3 is 0 Å². The highest BCUT2D eigenvalue weighted by atomic mass is 16.6. The number of rotatable bonds is 4. The van der Waals surface area contributed by atoms with Gasteiger partial charge in [0.15, 0.2) is 11.5 Å². The first kappa shape index (κ1) is 18.0. The molecule has 0 spiro atoms. The topological polar surface area (TPSA) is 60.5 Å². The van der Waals surface area contributed by atoms with Gasteiger partial charge in [-0.2, -0.15) is 0 Å². The summed E-state index contributed by atoms with van der Waals surface area (Å²) in [4.78, 5) is 17.0. The average Bonchev–Trinajstić information content (AvgIpc) is 2.74. The van der Waals surface area contributed by atoms with Crippen molar-refractivity contribution in [1.82, 2.24) is 4.98 Å². The van der Waals surface area contributed by atoms with Crippen LogP contribution < -0.4 is 14.8 Å². The van der Waals surface area contributed by atoms with E-state index in [1.54, 1.807) is 30.5 Å². The number of anilines is 1. The molecule has 1 amide bonds. The lowest BCUT2D eigenvalue weighted by molar-refractivity contribution is 0.102. The molecule has 1 aromatic heterocycles. The molecule has 0 fully saturated rings. The van der Waals surface area contributed by atoms with Crippen LogP contribution in [0.25, 0.3) is 11.3 Å². The molecule has 0 radical (unpaired) electrons. The molecule has 0 atom stereocenters. The summed E-state index contributed by atoms with van der Waals surface area (Å²) in [5.41, 5.74) is 4.31.